The number of para-hydroxylation sites is 1. The van der Waals surface area contributed by atoms with Crippen molar-refractivity contribution in [2.75, 3.05) is 11.9 Å². The summed E-state index contributed by atoms with van der Waals surface area (Å²) in [5.41, 5.74) is 2.51. The molecule has 0 unspecified atom stereocenters. The van der Waals surface area contributed by atoms with Gasteiger partial charge >= 0.3 is 12.1 Å². The van der Waals surface area contributed by atoms with Gasteiger partial charge in [-0.1, -0.05) is 30.3 Å². The average Bonchev–Trinajstić information content (AvgIpc) is 3.10. The van der Waals surface area contributed by atoms with Gasteiger partial charge in [-0.3, -0.25) is 4.79 Å². The van der Waals surface area contributed by atoms with Crippen molar-refractivity contribution in [1.29, 1.82) is 0 Å². The fraction of sp³-hybridized carbons (Fsp3) is 0.227. The van der Waals surface area contributed by atoms with Crippen LogP contribution >= 0.6 is 11.3 Å². The molecule has 0 aliphatic carbocycles. The molecule has 1 amide bonds. The number of hydrogen-bond acceptors (Lipinski definition) is 5. The summed E-state index contributed by atoms with van der Waals surface area (Å²) in [6.45, 7) is 4.84. The molecular weight excluding hydrogens is 429 g/mol. The third kappa shape index (κ3) is 5.29. The van der Waals surface area contributed by atoms with E-state index in [0.29, 0.717) is 22.0 Å². The van der Waals surface area contributed by atoms with Gasteiger partial charge < -0.3 is 10.1 Å². The highest BCUT2D eigenvalue weighted by Gasteiger charge is 2.30. The van der Waals surface area contributed by atoms with Crippen LogP contribution in [-0.4, -0.2) is 23.5 Å². The van der Waals surface area contributed by atoms with Crippen LogP contribution in [0.5, 0.6) is 0 Å². The summed E-state index contributed by atoms with van der Waals surface area (Å²) in [6, 6.07) is 10.1. The van der Waals surface area contributed by atoms with Crippen molar-refractivity contribution >= 4 is 28.9 Å². The molecule has 31 heavy (non-hydrogen) atoms. The van der Waals surface area contributed by atoms with E-state index >= 15 is 0 Å². The van der Waals surface area contributed by atoms with Gasteiger partial charge in [0.1, 0.15) is 9.88 Å². The zero-order valence-electron chi connectivity index (χ0n) is 17.0. The maximum Gasteiger partial charge on any atom is 0.416 e. The van der Waals surface area contributed by atoms with Gasteiger partial charge in [-0.15, -0.1) is 11.3 Å². The van der Waals surface area contributed by atoms with Gasteiger partial charge in [0.25, 0.3) is 5.91 Å². The number of aryl methyl sites for hydroxylation is 3. The van der Waals surface area contributed by atoms with Crippen molar-refractivity contribution in [1.82, 2.24) is 4.98 Å². The number of nitrogens with one attached hydrogen (secondary N) is 1. The summed E-state index contributed by atoms with van der Waals surface area (Å²) in [6.07, 6.45) is -4.43. The minimum Gasteiger partial charge on any atom is -0.451 e. The van der Waals surface area contributed by atoms with E-state index in [0.717, 1.165) is 34.6 Å². The number of aromatic nitrogens is 1. The SMILES string of the molecule is Cc1cccc(C)c1NC(=O)COC(=O)c1sc(-c2ccc(C(F)(F)F)cc2)nc1C. The Morgan fingerprint density at radius 1 is 1.03 bits per heavy atom. The third-order valence-corrected chi connectivity index (χ3v) is 5.71. The normalized spacial score (nSPS) is 11.3. The Kier molecular flexibility index (Phi) is 6.45. The zero-order chi connectivity index (χ0) is 22.8. The van der Waals surface area contributed by atoms with E-state index in [1.807, 2.05) is 32.0 Å². The Labute approximate surface area is 180 Å². The highest BCUT2D eigenvalue weighted by Crippen LogP contribution is 2.33. The maximum atomic E-state index is 12.7. The Balaban J connectivity index is 1.66. The number of thiazole rings is 1. The molecule has 0 aliphatic rings. The average molecular weight is 448 g/mol. The van der Waals surface area contributed by atoms with Crippen molar-refractivity contribution in [2.24, 2.45) is 0 Å². The molecule has 0 bridgehead atoms. The van der Waals surface area contributed by atoms with Crippen molar-refractivity contribution in [2.45, 2.75) is 26.9 Å². The van der Waals surface area contributed by atoms with Crippen molar-refractivity contribution in [3.05, 3.63) is 69.7 Å². The number of halogens is 3. The van der Waals surface area contributed by atoms with Gasteiger partial charge in [-0.2, -0.15) is 13.2 Å². The highest BCUT2D eigenvalue weighted by molar-refractivity contribution is 7.17. The Bertz CT molecular complexity index is 1100. The lowest BCUT2D eigenvalue weighted by Gasteiger charge is -2.11. The number of carbonyl (C=O) groups is 2. The van der Waals surface area contributed by atoms with Crippen LogP contribution in [0.4, 0.5) is 18.9 Å². The topological polar surface area (TPSA) is 68.3 Å². The van der Waals surface area contributed by atoms with Crippen LogP contribution in [0.15, 0.2) is 42.5 Å². The molecule has 0 radical (unpaired) electrons. The van der Waals surface area contributed by atoms with E-state index in [1.165, 1.54) is 12.1 Å². The van der Waals surface area contributed by atoms with Crippen LogP contribution in [0.3, 0.4) is 0 Å². The number of nitrogens with zero attached hydrogens (tertiary/aromatic N) is 1. The largest absolute Gasteiger partial charge is 0.451 e. The molecule has 3 aromatic rings. The molecule has 0 spiro atoms. The van der Waals surface area contributed by atoms with E-state index in [2.05, 4.69) is 10.3 Å². The van der Waals surface area contributed by atoms with Crippen molar-refractivity contribution in [3.8, 4) is 10.6 Å². The van der Waals surface area contributed by atoms with Crippen LogP contribution < -0.4 is 5.32 Å². The number of alkyl halides is 3. The number of rotatable bonds is 5. The Morgan fingerprint density at radius 2 is 1.65 bits per heavy atom. The lowest BCUT2D eigenvalue weighted by atomic mass is 10.1. The molecule has 0 saturated carbocycles. The fourth-order valence-electron chi connectivity index (χ4n) is 2.89. The van der Waals surface area contributed by atoms with Crippen LogP contribution in [0, 0.1) is 20.8 Å². The van der Waals surface area contributed by atoms with Gasteiger partial charge in [0, 0.05) is 11.3 Å². The highest BCUT2D eigenvalue weighted by atomic mass is 32.1. The quantitative estimate of drug-likeness (QED) is 0.520. The van der Waals surface area contributed by atoms with Crippen LogP contribution in [0.1, 0.15) is 32.1 Å². The molecule has 0 aliphatic heterocycles. The summed E-state index contributed by atoms with van der Waals surface area (Å²) >= 11 is 0.996. The predicted octanol–water partition coefficient (Wildman–Crippen LogP) is 5.55. The second-order valence-corrected chi connectivity index (χ2v) is 7.90. The van der Waals surface area contributed by atoms with Crippen LogP contribution in [0.2, 0.25) is 0 Å². The minimum absolute atomic E-state index is 0.190. The van der Waals surface area contributed by atoms with E-state index < -0.39 is 30.2 Å². The molecule has 1 N–H and O–H groups in total. The third-order valence-electron chi connectivity index (χ3n) is 4.52. The van der Waals surface area contributed by atoms with Gasteiger partial charge in [0.15, 0.2) is 6.61 Å². The molecule has 9 heteroatoms. The van der Waals surface area contributed by atoms with Crippen molar-refractivity contribution in [3.63, 3.8) is 0 Å². The number of benzene rings is 2. The molecule has 3 rings (SSSR count). The minimum atomic E-state index is -4.43. The molecule has 1 heterocycles. The number of amides is 1. The van der Waals surface area contributed by atoms with Gasteiger partial charge in [0.05, 0.1) is 11.3 Å². The Hall–Kier alpha value is -3.20. The first kappa shape index (κ1) is 22.5. The summed E-state index contributed by atoms with van der Waals surface area (Å²) in [5.74, 6) is -1.19. The number of esters is 1. The molecule has 0 saturated heterocycles. The second kappa shape index (κ2) is 8.89. The van der Waals surface area contributed by atoms with Gasteiger partial charge in [-0.05, 0) is 44.0 Å². The molecular formula is C22H19F3N2O3S. The summed E-state index contributed by atoms with van der Waals surface area (Å²) in [7, 11) is 0. The van der Waals surface area contributed by atoms with E-state index in [9.17, 15) is 22.8 Å². The smallest absolute Gasteiger partial charge is 0.416 e. The first-order valence-electron chi connectivity index (χ1n) is 9.24. The second-order valence-electron chi connectivity index (χ2n) is 6.90. The first-order valence-corrected chi connectivity index (χ1v) is 10.1. The number of ether oxygens (including phenoxy) is 1. The van der Waals surface area contributed by atoms with E-state index in [4.69, 9.17) is 4.74 Å². The Morgan fingerprint density at radius 3 is 2.23 bits per heavy atom. The molecule has 162 valence electrons. The number of hydrogen-bond donors (Lipinski definition) is 1. The lowest BCUT2D eigenvalue weighted by Crippen LogP contribution is -2.21. The molecule has 0 fully saturated rings. The zero-order valence-corrected chi connectivity index (χ0v) is 17.8. The molecule has 2 aromatic carbocycles. The molecule has 1 aromatic heterocycles. The van der Waals surface area contributed by atoms with E-state index in [-0.39, 0.29) is 4.88 Å². The maximum absolute atomic E-state index is 12.7. The molecule has 0 atom stereocenters. The summed E-state index contributed by atoms with van der Waals surface area (Å²) < 4.78 is 43.3. The number of carbonyl (C=O) groups excluding carboxylic acids is 2. The molecule has 5 nitrogen and oxygen atoms in total. The van der Waals surface area contributed by atoms with Gasteiger partial charge in [-0.25, -0.2) is 9.78 Å². The predicted molar refractivity (Wildman–Crippen MR) is 112 cm³/mol. The fourth-order valence-corrected chi connectivity index (χ4v) is 3.86. The monoisotopic (exact) mass is 448 g/mol. The van der Waals surface area contributed by atoms with Crippen LogP contribution in [0.25, 0.3) is 10.6 Å². The lowest BCUT2D eigenvalue weighted by molar-refractivity contribution is -0.137. The van der Waals surface area contributed by atoms with E-state index in [1.54, 1.807) is 6.92 Å². The standard InChI is InChI=1S/C22H19F3N2O3S/c1-12-5-4-6-13(2)18(12)27-17(28)11-30-21(29)19-14(3)26-20(31-19)15-7-9-16(10-8-15)22(23,24)25/h4-10H,11H2,1-3H3,(H,27,28). The number of anilines is 1. The van der Waals surface area contributed by atoms with Crippen molar-refractivity contribution < 1.29 is 27.5 Å². The van der Waals surface area contributed by atoms with Gasteiger partial charge in [0.2, 0.25) is 0 Å². The first-order chi connectivity index (χ1) is 14.6. The summed E-state index contributed by atoms with van der Waals surface area (Å²) in [4.78, 5) is 29.0. The van der Waals surface area contributed by atoms with Crippen LogP contribution in [-0.2, 0) is 15.7 Å². The summed E-state index contributed by atoms with van der Waals surface area (Å²) in [5, 5.41) is 3.12.